The van der Waals surface area contributed by atoms with Gasteiger partial charge in [-0.05, 0) is 54.2 Å². The third-order valence-corrected chi connectivity index (χ3v) is 8.87. The number of ether oxygens (including phenoxy) is 1. The fraction of sp³-hybridized carbons (Fsp3) is 0.531. The Morgan fingerprint density at radius 3 is 2.76 bits per heavy atom. The summed E-state index contributed by atoms with van der Waals surface area (Å²) in [6, 6.07) is 13.4. The van der Waals surface area contributed by atoms with Gasteiger partial charge in [-0.1, -0.05) is 37.6 Å². The molecule has 2 aromatic rings. The molecule has 9 nitrogen and oxygen atoms in total. The Labute approximate surface area is 242 Å². The smallest absolute Gasteiger partial charge is 0.308 e. The van der Waals surface area contributed by atoms with Gasteiger partial charge in [0.1, 0.15) is 5.75 Å². The molecule has 0 bridgehead atoms. The summed E-state index contributed by atoms with van der Waals surface area (Å²) in [4.78, 5) is 44.9. The Kier molecular flexibility index (Phi) is 9.25. The van der Waals surface area contributed by atoms with Crippen LogP contribution in [0.25, 0.3) is 0 Å². The summed E-state index contributed by atoms with van der Waals surface area (Å²) >= 11 is 0. The van der Waals surface area contributed by atoms with Crippen molar-refractivity contribution in [2.75, 3.05) is 44.2 Å². The maximum Gasteiger partial charge on any atom is 0.308 e. The third-order valence-electron chi connectivity index (χ3n) is 8.87. The van der Waals surface area contributed by atoms with Crippen LogP contribution in [0.5, 0.6) is 5.75 Å². The van der Waals surface area contributed by atoms with E-state index in [0.717, 1.165) is 53.8 Å². The number of hydrogen-bond acceptors (Lipinski definition) is 6. The normalized spacial score (nSPS) is 22.1. The molecule has 0 spiro atoms. The molecule has 2 fully saturated rings. The first-order valence-corrected chi connectivity index (χ1v) is 15.0. The molecule has 220 valence electrons. The predicted octanol–water partition coefficient (Wildman–Crippen LogP) is 3.39. The zero-order chi connectivity index (χ0) is 28.9. The zero-order valence-corrected chi connectivity index (χ0v) is 24.0. The predicted molar refractivity (Wildman–Crippen MR) is 157 cm³/mol. The molecule has 41 heavy (non-hydrogen) atoms. The summed E-state index contributed by atoms with van der Waals surface area (Å²) in [5.41, 5.74) is 9.73. The number of amides is 2. The second kappa shape index (κ2) is 13.0. The van der Waals surface area contributed by atoms with Gasteiger partial charge in [-0.25, -0.2) is 0 Å². The average Bonchev–Trinajstić information content (AvgIpc) is 3.70. The highest BCUT2D eigenvalue weighted by atomic mass is 16.5. The lowest BCUT2D eigenvalue weighted by atomic mass is 9.83. The number of aliphatic carboxylic acids is 1. The number of hydrogen-bond donors (Lipinski definition) is 2. The Bertz CT molecular complexity index is 1270. The number of nitrogens with zero attached hydrogens (tertiary/aromatic N) is 3. The number of nitrogens with two attached hydrogens (primary N) is 1. The third kappa shape index (κ3) is 6.41. The van der Waals surface area contributed by atoms with Gasteiger partial charge in [0.2, 0.25) is 11.8 Å². The summed E-state index contributed by atoms with van der Waals surface area (Å²) in [5, 5.41) is 10.5. The van der Waals surface area contributed by atoms with E-state index in [9.17, 15) is 19.5 Å². The van der Waals surface area contributed by atoms with Crippen LogP contribution in [0.1, 0.15) is 61.6 Å². The van der Waals surface area contributed by atoms with E-state index in [-0.39, 0.29) is 30.3 Å². The van der Waals surface area contributed by atoms with Crippen LogP contribution in [0.3, 0.4) is 0 Å². The number of benzene rings is 2. The highest BCUT2D eigenvalue weighted by Crippen LogP contribution is 2.41. The van der Waals surface area contributed by atoms with Crippen molar-refractivity contribution in [3.63, 3.8) is 0 Å². The van der Waals surface area contributed by atoms with Crippen molar-refractivity contribution < 1.29 is 24.2 Å². The first kappa shape index (κ1) is 29.1. The number of likely N-dealkylation sites (tertiary alicyclic amines) is 2. The molecule has 0 unspecified atom stereocenters. The van der Waals surface area contributed by atoms with Gasteiger partial charge in [0.25, 0.3) is 0 Å². The lowest BCUT2D eigenvalue weighted by Crippen LogP contribution is -2.45. The number of rotatable bonds is 12. The molecular formula is C32H42N4O5. The second-order valence-electron chi connectivity index (χ2n) is 11.5. The minimum atomic E-state index is -0.863. The molecule has 0 aliphatic carbocycles. The monoisotopic (exact) mass is 562 g/mol. The van der Waals surface area contributed by atoms with Crippen LogP contribution in [0, 0.1) is 5.92 Å². The highest BCUT2D eigenvalue weighted by molar-refractivity contribution is 5.95. The summed E-state index contributed by atoms with van der Waals surface area (Å²) in [6.07, 6.45) is 4.51. The molecule has 3 heterocycles. The number of carboxylic acid groups (broad SMARTS) is 1. The van der Waals surface area contributed by atoms with E-state index in [2.05, 4.69) is 17.9 Å². The van der Waals surface area contributed by atoms with Crippen molar-refractivity contribution >= 4 is 23.5 Å². The number of carbonyl (C=O) groups excluding carboxylic acids is 2. The van der Waals surface area contributed by atoms with E-state index in [1.54, 1.807) is 0 Å². The first-order valence-electron chi connectivity index (χ1n) is 15.0. The molecule has 0 aromatic heterocycles. The number of fused-ring (bicyclic) bond motifs is 1. The van der Waals surface area contributed by atoms with Crippen LogP contribution in [0.2, 0.25) is 0 Å². The zero-order valence-electron chi connectivity index (χ0n) is 24.0. The van der Waals surface area contributed by atoms with E-state index in [0.29, 0.717) is 52.2 Å². The van der Waals surface area contributed by atoms with Crippen molar-refractivity contribution in [2.45, 2.75) is 64.0 Å². The Balaban J connectivity index is 1.43. The number of carbonyl (C=O) groups is 3. The molecule has 5 rings (SSSR count). The highest BCUT2D eigenvalue weighted by Gasteiger charge is 2.47. The average molecular weight is 563 g/mol. The minimum absolute atomic E-state index is 0.0537. The molecule has 2 amide bonds. The number of anilines is 1. The van der Waals surface area contributed by atoms with Gasteiger partial charge >= 0.3 is 5.97 Å². The Hall–Kier alpha value is -3.43. The molecule has 3 aliphatic rings. The number of unbranched alkanes of at least 4 members (excludes halogenated alkanes) is 1. The summed E-state index contributed by atoms with van der Waals surface area (Å²) < 4.78 is 5.69. The molecule has 3 atom stereocenters. The molecule has 9 heteroatoms. The van der Waals surface area contributed by atoms with Gasteiger partial charge in [0.15, 0.2) is 0 Å². The fourth-order valence-electron chi connectivity index (χ4n) is 6.68. The summed E-state index contributed by atoms with van der Waals surface area (Å²) in [6.45, 7) is 5.49. The van der Waals surface area contributed by atoms with Crippen molar-refractivity contribution in [1.82, 2.24) is 9.80 Å². The molecule has 3 aliphatic heterocycles. The van der Waals surface area contributed by atoms with Crippen molar-refractivity contribution in [1.29, 1.82) is 0 Å². The fourth-order valence-corrected chi connectivity index (χ4v) is 6.68. The summed E-state index contributed by atoms with van der Waals surface area (Å²) in [7, 11) is 0. The van der Waals surface area contributed by atoms with Gasteiger partial charge in [0.05, 0.1) is 19.1 Å². The Morgan fingerprint density at radius 1 is 1.17 bits per heavy atom. The molecule has 0 radical (unpaired) electrons. The van der Waals surface area contributed by atoms with Gasteiger partial charge < -0.3 is 25.4 Å². The largest absolute Gasteiger partial charge is 0.493 e. The van der Waals surface area contributed by atoms with E-state index >= 15 is 0 Å². The molecule has 2 aromatic carbocycles. The summed E-state index contributed by atoms with van der Waals surface area (Å²) in [5.74, 6) is -0.889. The van der Waals surface area contributed by atoms with Crippen molar-refractivity contribution in [3.8, 4) is 5.75 Å². The standard InChI is InChI=1S/C32H42N4O5/c1-2-3-14-36(25-7-4-6-22(17-25)19-33)30(38)21-35-20-26(23-9-10-28-24(18-23)12-16-41-28)31(32(39)40)27(35)11-15-34-13-5-8-29(34)37/h4,6-7,9-10,17-18,26-27,31H,2-3,5,8,11-16,19-21,33H2,1H3,(H,39,40)/t26-,27+,31-/m1/s1. The Morgan fingerprint density at radius 2 is 2.02 bits per heavy atom. The van der Waals surface area contributed by atoms with Crippen LogP contribution in [-0.2, 0) is 27.3 Å². The molecule has 3 N–H and O–H groups in total. The van der Waals surface area contributed by atoms with Gasteiger partial charge in [-0.15, -0.1) is 0 Å². The van der Waals surface area contributed by atoms with E-state index in [1.165, 1.54) is 0 Å². The van der Waals surface area contributed by atoms with Crippen LogP contribution in [0.15, 0.2) is 42.5 Å². The van der Waals surface area contributed by atoms with Crippen molar-refractivity contribution in [3.05, 3.63) is 59.2 Å². The van der Waals surface area contributed by atoms with Crippen LogP contribution >= 0.6 is 0 Å². The SMILES string of the molecule is CCCCN(C(=O)CN1C[C@H](c2ccc3c(c2)CCO3)[C@@H](C(=O)O)[C@@H]1CCN1CCCC1=O)c1cccc(CN)c1. The minimum Gasteiger partial charge on any atom is -0.493 e. The van der Waals surface area contributed by atoms with E-state index < -0.39 is 11.9 Å². The van der Waals surface area contributed by atoms with Crippen LogP contribution in [-0.4, -0.2) is 78.1 Å². The lowest BCUT2D eigenvalue weighted by molar-refractivity contribution is -0.143. The topological polar surface area (TPSA) is 116 Å². The van der Waals surface area contributed by atoms with E-state index in [4.69, 9.17) is 10.5 Å². The quantitative estimate of drug-likeness (QED) is 0.407. The molecular weight excluding hydrogens is 520 g/mol. The van der Waals surface area contributed by atoms with Gasteiger partial charge in [-0.3, -0.25) is 19.3 Å². The lowest BCUT2D eigenvalue weighted by Gasteiger charge is -2.31. The number of carboxylic acids is 1. The maximum atomic E-state index is 14.0. The van der Waals surface area contributed by atoms with Gasteiger partial charge in [-0.2, -0.15) is 0 Å². The molecule has 0 saturated carbocycles. The maximum absolute atomic E-state index is 14.0. The van der Waals surface area contributed by atoms with Gasteiger partial charge in [0, 0.05) is 63.2 Å². The molecule has 2 saturated heterocycles. The second-order valence-corrected chi connectivity index (χ2v) is 11.5. The van der Waals surface area contributed by atoms with Crippen LogP contribution in [0.4, 0.5) is 5.69 Å². The van der Waals surface area contributed by atoms with Crippen molar-refractivity contribution in [2.24, 2.45) is 11.7 Å². The van der Waals surface area contributed by atoms with Crippen LogP contribution < -0.4 is 15.4 Å². The first-order chi connectivity index (χ1) is 19.9. The van der Waals surface area contributed by atoms with E-state index in [1.807, 2.05) is 46.2 Å².